The van der Waals surface area contributed by atoms with Gasteiger partial charge < -0.3 is 4.57 Å². The van der Waals surface area contributed by atoms with Crippen molar-refractivity contribution in [2.75, 3.05) is 0 Å². The van der Waals surface area contributed by atoms with E-state index in [4.69, 9.17) is 16.6 Å². The van der Waals surface area contributed by atoms with E-state index in [9.17, 15) is 4.79 Å². The van der Waals surface area contributed by atoms with Crippen LogP contribution in [0.15, 0.2) is 84.5 Å². The fourth-order valence-corrected chi connectivity index (χ4v) is 4.90. The molecule has 1 amide bonds. The zero-order valence-electron chi connectivity index (χ0n) is 21.0. The molecule has 0 aliphatic carbocycles. The molecule has 0 saturated carbocycles. The lowest BCUT2D eigenvalue weighted by Gasteiger charge is -2.10. The highest BCUT2D eigenvalue weighted by molar-refractivity contribution is 6.30. The Bertz CT molecular complexity index is 1700. The Balaban J connectivity index is 1.53. The van der Waals surface area contributed by atoms with Crippen molar-refractivity contribution >= 4 is 45.5 Å². The highest BCUT2D eigenvalue weighted by Gasteiger charge is 2.16. The van der Waals surface area contributed by atoms with Gasteiger partial charge in [0.2, 0.25) is 0 Å². The maximum absolute atomic E-state index is 13.4. The minimum Gasteiger partial charge on any atom is -0.340 e. The third-order valence-electron chi connectivity index (χ3n) is 6.61. The van der Waals surface area contributed by atoms with Gasteiger partial charge in [0, 0.05) is 39.2 Å². The van der Waals surface area contributed by atoms with E-state index < -0.39 is 0 Å². The van der Waals surface area contributed by atoms with Gasteiger partial charge in [-0.3, -0.25) is 4.79 Å². The molecule has 5 aromatic rings. The number of nitrogens with zero attached hydrogens (tertiary/aromatic N) is 3. The first kappa shape index (κ1) is 24.5. The molecule has 37 heavy (non-hydrogen) atoms. The molecule has 0 atom stereocenters. The van der Waals surface area contributed by atoms with E-state index in [2.05, 4.69) is 47.7 Å². The molecule has 5 rings (SSSR count). The zero-order chi connectivity index (χ0) is 26.1. The van der Waals surface area contributed by atoms with E-state index in [1.54, 1.807) is 12.3 Å². The van der Waals surface area contributed by atoms with Gasteiger partial charge in [0.15, 0.2) is 0 Å². The van der Waals surface area contributed by atoms with Crippen LogP contribution in [0.25, 0.3) is 33.1 Å². The van der Waals surface area contributed by atoms with Crippen LogP contribution in [0.1, 0.15) is 32.7 Å². The highest BCUT2D eigenvalue weighted by Crippen LogP contribution is 2.28. The average molecular weight is 507 g/mol. The number of carbonyl (C=O) groups excluding carboxylic acids is 1. The van der Waals surface area contributed by atoms with E-state index >= 15 is 0 Å². The number of pyridine rings is 1. The average Bonchev–Trinajstić information content (AvgIpc) is 3.16. The number of hydrogen-bond donors (Lipinski definition) is 1. The highest BCUT2D eigenvalue weighted by atomic mass is 35.5. The van der Waals surface area contributed by atoms with Gasteiger partial charge in [-0.1, -0.05) is 59.6 Å². The Morgan fingerprint density at radius 3 is 2.59 bits per heavy atom. The lowest BCUT2D eigenvalue weighted by molar-refractivity contribution is 0.0956. The van der Waals surface area contributed by atoms with Crippen LogP contribution in [0, 0.1) is 20.8 Å². The molecule has 6 heteroatoms. The Labute approximate surface area is 221 Å². The summed E-state index contributed by atoms with van der Waals surface area (Å²) in [6, 6.07) is 21.3. The summed E-state index contributed by atoms with van der Waals surface area (Å²) in [7, 11) is 0. The summed E-state index contributed by atoms with van der Waals surface area (Å²) >= 11 is 6.07. The first-order valence-electron chi connectivity index (χ1n) is 12.1. The number of hydrogen-bond acceptors (Lipinski definition) is 3. The van der Waals surface area contributed by atoms with Crippen molar-refractivity contribution in [3.05, 3.63) is 112 Å². The number of benzene rings is 3. The first-order chi connectivity index (χ1) is 17.9. The molecular weight excluding hydrogens is 480 g/mol. The minimum absolute atomic E-state index is 0.298. The van der Waals surface area contributed by atoms with Crippen molar-refractivity contribution < 1.29 is 4.79 Å². The number of aryl methyl sites for hydroxylation is 2. The smallest absolute Gasteiger partial charge is 0.272 e. The molecule has 3 aromatic carbocycles. The van der Waals surface area contributed by atoms with E-state index in [0.29, 0.717) is 22.8 Å². The zero-order valence-corrected chi connectivity index (χ0v) is 21.8. The number of hydrazone groups is 1. The van der Waals surface area contributed by atoms with Crippen molar-refractivity contribution in [1.82, 2.24) is 15.0 Å². The number of aromatic nitrogens is 2. The Morgan fingerprint density at radius 2 is 1.84 bits per heavy atom. The number of rotatable bonds is 6. The molecule has 1 N–H and O–H groups in total. The molecule has 2 heterocycles. The van der Waals surface area contributed by atoms with Crippen LogP contribution in [0.3, 0.4) is 0 Å². The third kappa shape index (κ3) is 4.66. The van der Waals surface area contributed by atoms with Gasteiger partial charge in [0.05, 0.1) is 28.5 Å². The van der Waals surface area contributed by atoms with Crippen LogP contribution in [0.2, 0.25) is 5.02 Å². The topological polar surface area (TPSA) is 59.3 Å². The molecule has 0 unspecified atom stereocenters. The molecular formula is C31H27ClN4O. The Kier molecular flexibility index (Phi) is 6.64. The number of carbonyl (C=O) groups is 1. The fraction of sp³-hybridized carbons (Fsp3) is 0.129. The summed E-state index contributed by atoms with van der Waals surface area (Å²) in [5.74, 6) is -0.298. The number of fused-ring (bicyclic) bond motifs is 2. The quantitative estimate of drug-likeness (QED) is 0.148. The van der Waals surface area contributed by atoms with Crippen LogP contribution in [-0.2, 0) is 6.54 Å². The van der Waals surface area contributed by atoms with Crippen LogP contribution in [-0.4, -0.2) is 21.7 Å². The van der Waals surface area contributed by atoms with Gasteiger partial charge in [-0.25, -0.2) is 10.4 Å². The maximum Gasteiger partial charge on any atom is 0.272 e. The summed E-state index contributed by atoms with van der Waals surface area (Å²) < 4.78 is 2.22. The Morgan fingerprint density at radius 1 is 1.05 bits per heavy atom. The van der Waals surface area contributed by atoms with Crippen molar-refractivity contribution in [2.24, 2.45) is 5.10 Å². The molecule has 0 fully saturated rings. The molecule has 5 nitrogen and oxygen atoms in total. The number of allylic oxidation sites excluding steroid dienone is 1. The number of amides is 1. The summed E-state index contributed by atoms with van der Waals surface area (Å²) in [6.45, 7) is 10.8. The predicted molar refractivity (Wildman–Crippen MR) is 154 cm³/mol. The standard InChI is InChI=1S/C31H27ClN4O/c1-5-15-36-21(4)27(24-8-6-7-20(3)30(24)36)18-33-35-31(37)26-17-29(22-10-12-23(32)13-11-22)34-28-14-9-19(2)16-25(26)28/h5-14,16-18H,1,15H2,2-4H3,(H,35,37)/b33-18+. The molecule has 0 radical (unpaired) electrons. The van der Waals surface area contributed by atoms with E-state index in [-0.39, 0.29) is 5.91 Å². The predicted octanol–water partition coefficient (Wildman–Crippen LogP) is 7.39. The summed E-state index contributed by atoms with van der Waals surface area (Å²) in [6.07, 6.45) is 3.61. The molecule has 0 spiro atoms. The van der Waals surface area contributed by atoms with Crippen molar-refractivity contribution in [1.29, 1.82) is 0 Å². The molecule has 184 valence electrons. The molecule has 0 saturated heterocycles. The van der Waals surface area contributed by atoms with E-state index in [0.717, 1.165) is 44.2 Å². The lowest BCUT2D eigenvalue weighted by Crippen LogP contribution is -2.18. The maximum atomic E-state index is 13.4. The SMILES string of the molecule is C=CCn1c(C)c(/C=N/NC(=O)c2cc(-c3ccc(Cl)cc3)nc3ccc(C)cc23)c2cccc(C)c21. The first-order valence-corrected chi connectivity index (χ1v) is 12.4. The number of halogens is 1. The number of para-hydroxylation sites is 1. The Hall–Kier alpha value is -4.22. The van der Waals surface area contributed by atoms with Gasteiger partial charge in [-0.05, 0) is 56.7 Å². The van der Waals surface area contributed by atoms with Crippen LogP contribution < -0.4 is 5.43 Å². The minimum atomic E-state index is -0.298. The van der Waals surface area contributed by atoms with Gasteiger partial charge >= 0.3 is 0 Å². The van der Waals surface area contributed by atoms with Crippen molar-refractivity contribution in [3.63, 3.8) is 0 Å². The normalized spacial score (nSPS) is 11.5. The summed E-state index contributed by atoms with van der Waals surface area (Å²) in [4.78, 5) is 18.2. The van der Waals surface area contributed by atoms with Crippen molar-refractivity contribution in [2.45, 2.75) is 27.3 Å². The molecule has 0 aliphatic rings. The monoisotopic (exact) mass is 506 g/mol. The number of nitrogens with one attached hydrogen (secondary N) is 1. The van der Waals surface area contributed by atoms with Gasteiger partial charge in [0.1, 0.15) is 0 Å². The second-order valence-electron chi connectivity index (χ2n) is 9.15. The van der Waals surface area contributed by atoms with Gasteiger partial charge in [-0.15, -0.1) is 6.58 Å². The summed E-state index contributed by atoms with van der Waals surface area (Å²) in [5, 5.41) is 6.89. The lowest BCUT2D eigenvalue weighted by atomic mass is 10.0. The van der Waals surface area contributed by atoms with Crippen molar-refractivity contribution in [3.8, 4) is 11.3 Å². The second-order valence-corrected chi connectivity index (χ2v) is 9.59. The molecule has 0 bridgehead atoms. The third-order valence-corrected chi connectivity index (χ3v) is 6.86. The van der Waals surface area contributed by atoms with E-state index in [1.165, 1.54) is 5.56 Å². The summed E-state index contributed by atoms with van der Waals surface area (Å²) in [5.41, 5.74) is 11.0. The van der Waals surface area contributed by atoms with Gasteiger partial charge in [0.25, 0.3) is 5.91 Å². The van der Waals surface area contributed by atoms with E-state index in [1.807, 2.05) is 61.5 Å². The molecule has 2 aromatic heterocycles. The van der Waals surface area contributed by atoms with Crippen LogP contribution in [0.5, 0.6) is 0 Å². The van der Waals surface area contributed by atoms with Crippen LogP contribution >= 0.6 is 11.6 Å². The van der Waals surface area contributed by atoms with Crippen LogP contribution in [0.4, 0.5) is 0 Å². The second kappa shape index (κ2) is 10.0. The van der Waals surface area contributed by atoms with Gasteiger partial charge in [-0.2, -0.15) is 5.10 Å². The fourth-order valence-electron chi connectivity index (χ4n) is 4.77. The molecule has 0 aliphatic heterocycles. The largest absolute Gasteiger partial charge is 0.340 e.